The summed E-state index contributed by atoms with van der Waals surface area (Å²) in [7, 11) is 0. The first kappa shape index (κ1) is 35.7. The number of hydrogen-bond donors (Lipinski definition) is 0. The molecular weight excluding hydrogens is 795 g/mol. The van der Waals surface area contributed by atoms with Gasteiger partial charge in [-0.05, 0) is 82.2 Å². The fourth-order valence-electron chi connectivity index (χ4n) is 10.2. The van der Waals surface area contributed by atoms with Gasteiger partial charge in [0.25, 0.3) is 0 Å². The van der Waals surface area contributed by atoms with Crippen molar-refractivity contribution in [3.63, 3.8) is 0 Å². The molecule has 0 saturated heterocycles. The van der Waals surface area contributed by atoms with Crippen molar-refractivity contribution in [1.29, 1.82) is 0 Å². The molecule has 0 radical (unpaired) electrons. The summed E-state index contributed by atoms with van der Waals surface area (Å²) in [4.78, 5) is 15.7. The molecule has 0 N–H and O–H groups in total. The van der Waals surface area contributed by atoms with Crippen LogP contribution in [0.4, 0.5) is 0 Å². The molecule has 0 aliphatic rings. The van der Waals surface area contributed by atoms with E-state index < -0.39 is 0 Å². The maximum atomic E-state index is 7.02. The highest BCUT2D eigenvalue weighted by Crippen LogP contribution is 2.43. The van der Waals surface area contributed by atoms with Gasteiger partial charge in [0.05, 0.1) is 27.8 Å². The van der Waals surface area contributed by atoms with Gasteiger partial charge in [0, 0.05) is 54.7 Å². The molecule has 6 heteroatoms. The minimum Gasteiger partial charge on any atom is -0.454 e. The van der Waals surface area contributed by atoms with E-state index in [1.807, 2.05) is 12.1 Å². The third-order valence-corrected chi connectivity index (χ3v) is 13.1. The Labute approximate surface area is 371 Å². The first-order valence-corrected chi connectivity index (χ1v) is 21.9. The van der Waals surface area contributed by atoms with Crippen molar-refractivity contribution in [3.8, 4) is 45.5 Å². The minimum atomic E-state index is 0.581. The van der Waals surface area contributed by atoms with Gasteiger partial charge in [-0.15, -0.1) is 0 Å². The van der Waals surface area contributed by atoms with Crippen molar-refractivity contribution in [2.24, 2.45) is 0 Å². The van der Waals surface area contributed by atoms with Crippen molar-refractivity contribution >= 4 is 87.1 Å². The number of benzene rings is 10. The van der Waals surface area contributed by atoms with Crippen LogP contribution >= 0.6 is 0 Å². The van der Waals surface area contributed by atoms with E-state index in [4.69, 9.17) is 19.4 Å². The Morgan fingerprint density at radius 1 is 0.338 bits per heavy atom. The first-order chi connectivity index (χ1) is 32.2. The molecular formula is C59H35N5O. The van der Waals surface area contributed by atoms with E-state index in [1.165, 1.54) is 27.1 Å². The summed E-state index contributed by atoms with van der Waals surface area (Å²) >= 11 is 0. The summed E-state index contributed by atoms with van der Waals surface area (Å²) in [6.07, 6.45) is 0. The van der Waals surface area contributed by atoms with Crippen LogP contribution in [0.5, 0.6) is 0 Å². The molecule has 0 bridgehead atoms. The second-order valence-electron chi connectivity index (χ2n) is 16.8. The molecule has 0 unspecified atom stereocenters. The molecule has 14 rings (SSSR count). The molecule has 0 aliphatic heterocycles. The standard InChI is InChI=1S/C59H35N5O/c1-2-18-42(19-3-1)63-49-24-10-8-20-43(49)47-34-48-44-21-9-11-25-50(44)64(53(48)35-52(47)63)51-26-12-22-45-55-46(23-13-27-54(55)65-56(45)51)59-61-57(40-30-28-36-14-4-6-16-38(36)32-40)60-58(62-59)41-31-29-37-15-5-7-17-39(37)33-41/h1-35H. The molecule has 0 aliphatic carbocycles. The molecule has 0 amide bonds. The van der Waals surface area contributed by atoms with Crippen LogP contribution in [0.15, 0.2) is 217 Å². The van der Waals surface area contributed by atoms with E-state index >= 15 is 0 Å². The van der Waals surface area contributed by atoms with E-state index in [0.717, 1.165) is 88.1 Å². The molecule has 4 aromatic heterocycles. The first-order valence-electron chi connectivity index (χ1n) is 21.9. The maximum absolute atomic E-state index is 7.02. The van der Waals surface area contributed by atoms with Gasteiger partial charge in [0.1, 0.15) is 5.58 Å². The average molecular weight is 830 g/mol. The number of hydrogen-bond acceptors (Lipinski definition) is 4. The van der Waals surface area contributed by atoms with Gasteiger partial charge in [0.2, 0.25) is 0 Å². The number of furan rings is 1. The van der Waals surface area contributed by atoms with Crippen LogP contribution in [0.3, 0.4) is 0 Å². The van der Waals surface area contributed by atoms with Crippen molar-refractivity contribution in [3.05, 3.63) is 212 Å². The van der Waals surface area contributed by atoms with Crippen molar-refractivity contribution in [2.45, 2.75) is 0 Å². The zero-order valence-electron chi connectivity index (χ0n) is 34.9. The second-order valence-corrected chi connectivity index (χ2v) is 16.8. The predicted molar refractivity (Wildman–Crippen MR) is 267 cm³/mol. The minimum absolute atomic E-state index is 0.581. The Morgan fingerprint density at radius 2 is 0.877 bits per heavy atom. The predicted octanol–water partition coefficient (Wildman–Crippen LogP) is 15.3. The Balaban J connectivity index is 1.01. The molecule has 14 aromatic rings. The summed E-state index contributed by atoms with van der Waals surface area (Å²) < 4.78 is 11.8. The van der Waals surface area contributed by atoms with Crippen LogP contribution in [0.1, 0.15) is 0 Å². The van der Waals surface area contributed by atoms with E-state index in [-0.39, 0.29) is 0 Å². The number of fused-ring (bicyclic) bond motifs is 11. The molecule has 10 aromatic carbocycles. The molecule has 0 fully saturated rings. The Hall–Kier alpha value is -8.87. The molecule has 302 valence electrons. The van der Waals surface area contributed by atoms with Crippen LogP contribution in [-0.4, -0.2) is 24.1 Å². The summed E-state index contributed by atoms with van der Waals surface area (Å²) in [5.41, 5.74) is 10.9. The summed E-state index contributed by atoms with van der Waals surface area (Å²) in [6, 6.07) is 75.0. The number of para-hydroxylation sites is 4. The molecule has 0 saturated carbocycles. The zero-order valence-corrected chi connectivity index (χ0v) is 34.9. The Morgan fingerprint density at radius 3 is 1.55 bits per heavy atom. The van der Waals surface area contributed by atoms with Crippen molar-refractivity contribution in [2.75, 3.05) is 0 Å². The SMILES string of the molecule is c1ccc(-n2c3ccccc3c3cc4c5ccccc5n(-c5cccc6c5oc5cccc(-c7nc(-c8ccc9ccccc9c8)nc(-c8ccc9ccccc9c8)n7)c56)c4cc32)cc1. The molecule has 0 atom stereocenters. The van der Waals surface area contributed by atoms with Gasteiger partial charge in [-0.3, -0.25) is 0 Å². The van der Waals surface area contributed by atoms with Gasteiger partial charge < -0.3 is 13.6 Å². The van der Waals surface area contributed by atoms with Gasteiger partial charge in [-0.2, -0.15) is 0 Å². The van der Waals surface area contributed by atoms with E-state index in [1.54, 1.807) is 0 Å². The Kier molecular flexibility index (Phi) is 7.59. The van der Waals surface area contributed by atoms with Crippen LogP contribution in [0, 0.1) is 0 Å². The third kappa shape index (κ3) is 5.44. The highest BCUT2D eigenvalue weighted by Gasteiger charge is 2.23. The van der Waals surface area contributed by atoms with Crippen LogP contribution in [-0.2, 0) is 0 Å². The van der Waals surface area contributed by atoms with Crippen molar-refractivity contribution < 1.29 is 4.42 Å². The van der Waals surface area contributed by atoms with E-state index in [9.17, 15) is 0 Å². The smallest absolute Gasteiger partial charge is 0.164 e. The summed E-state index contributed by atoms with van der Waals surface area (Å²) in [6.45, 7) is 0. The lowest BCUT2D eigenvalue weighted by Crippen LogP contribution is -2.00. The van der Waals surface area contributed by atoms with Gasteiger partial charge in [0.15, 0.2) is 23.1 Å². The maximum Gasteiger partial charge on any atom is 0.164 e. The highest BCUT2D eigenvalue weighted by atomic mass is 16.3. The fourth-order valence-corrected chi connectivity index (χ4v) is 10.2. The van der Waals surface area contributed by atoms with Gasteiger partial charge in [-0.1, -0.05) is 152 Å². The average Bonchev–Trinajstić information content (AvgIpc) is 4.03. The zero-order chi connectivity index (χ0) is 42.6. The number of aromatic nitrogens is 5. The van der Waals surface area contributed by atoms with Gasteiger partial charge >= 0.3 is 0 Å². The lowest BCUT2D eigenvalue weighted by Gasteiger charge is -2.11. The molecule has 65 heavy (non-hydrogen) atoms. The lowest BCUT2D eigenvalue weighted by molar-refractivity contribution is 0.666. The van der Waals surface area contributed by atoms with E-state index in [2.05, 4.69) is 209 Å². The molecule has 0 spiro atoms. The van der Waals surface area contributed by atoms with Crippen LogP contribution < -0.4 is 0 Å². The topological polar surface area (TPSA) is 61.7 Å². The summed E-state index contributed by atoms with van der Waals surface area (Å²) in [5, 5.41) is 11.3. The number of rotatable bonds is 5. The fraction of sp³-hybridized carbons (Fsp3) is 0. The van der Waals surface area contributed by atoms with Crippen molar-refractivity contribution in [1.82, 2.24) is 24.1 Å². The molecule has 6 nitrogen and oxygen atoms in total. The highest BCUT2D eigenvalue weighted by molar-refractivity contribution is 6.20. The Bertz CT molecular complexity index is 4160. The molecule has 4 heterocycles. The monoisotopic (exact) mass is 829 g/mol. The lowest BCUT2D eigenvalue weighted by atomic mass is 10.0. The van der Waals surface area contributed by atoms with E-state index in [0.29, 0.717) is 17.5 Å². The van der Waals surface area contributed by atoms with Crippen LogP contribution in [0.25, 0.3) is 133 Å². The van der Waals surface area contributed by atoms with Crippen LogP contribution in [0.2, 0.25) is 0 Å². The largest absolute Gasteiger partial charge is 0.454 e. The summed E-state index contributed by atoms with van der Waals surface area (Å²) in [5.74, 6) is 1.80. The third-order valence-electron chi connectivity index (χ3n) is 13.1. The number of nitrogens with zero attached hydrogens (tertiary/aromatic N) is 5. The second kappa shape index (κ2) is 13.8. The quantitative estimate of drug-likeness (QED) is 0.173. The van der Waals surface area contributed by atoms with Gasteiger partial charge in [-0.25, -0.2) is 15.0 Å². The normalized spacial score (nSPS) is 12.0.